The zero-order valence-corrected chi connectivity index (χ0v) is 10.1. The topological polar surface area (TPSA) is 61.4 Å². The third-order valence-corrected chi connectivity index (χ3v) is 2.90. The van der Waals surface area contributed by atoms with E-state index in [-0.39, 0.29) is 18.4 Å². The molecule has 0 saturated carbocycles. The summed E-state index contributed by atoms with van der Waals surface area (Å²) in [5.41, 5.74) is 0. The number of hydrogen-bond acceptors (Lipinski definition) is 3. The van der Waals surface area contributed by atoms with Crippen LogP contribution < -0.4 is 10.6 Å². The molecule has 0 spiro atoms. The first kappa shape index (κ1) is 13.0. The minimum absolute atomic E-state index is 0.0181. The first-order chi connectivity index (χ1) is 7.65. The molecule has 16 heavy (non-hydrogen) atoms. The summed E-state index contributed by atoms with van der Waals surface area (Å²) in [7, 11) is 0. The van der Waals surface area contributed by atoms with Gasteiger partial charge in [0.2, 0.25) is 11.8 Å². The average molecular weight is 227 g/mol. The van der Waals surface area contributed by atoms with Gasteiger partial charge in [0.25, 0.3) is 0 Å². The molecule has 0 aliphatic carbocycles. The third-order valence-electron chi connectivity index (χ3n) is 2.90. The smallest absolute Gasteiger partial charge is 0.242 e. The number of carbonyl (C=O) groups excluding carboxylic acids is 2. The Morgan fingerprint density at radius 1 is 1.38 bits per heavy atom. The van der Waals surface area contributed by atoms with E-state index in [2.05, 4.69) is 10.6 Å². The molecule has 5 heteroatoms. The van der Waals surface area contributed by atoms with Gasteiger partial charge in [-0.05, 0) is 32.9 Å². The standard InChI is InChI=1S/C11H21N3O2/c1-3-14(10-4-6-12-7-5-10)11(16)8-13-9(2)15/h10,12H,3-8H2,1-2H3,(H,13,15). The van der Waals surface area contributed by atoms with Gasteiger partial charge in [0.15, 0.2) is 0 Å². The lowest BCUT2D eigenvalue weighted by atomic mass is 10.0. The highest BCUT2D eigenvalue weighted by Gasteiger charge is 2.23. The fraction of sp³-hybridized carbons (Fsp3) is 0.818. The van der Waals surface area contributed by atoms with E-state index >= 15 is 0 Å². The Bertz CT molecular complexity index is 250. The zero-order valence-electron chi connectivity index (χ0n) is 10.1. The summed E-state index contributed by atoms with van der Waals surface area (Å²) in [5, 5.41) is 5.83. The molecule has 5 nitrogen and oxygen atoms in total. The Morgan fingerprint density at radius 2 is 2.00 bits per heavy atom. The van der Waals surface area contributed by atoms with Gasteiger partial charge in [-0.3, -0.25) is 9.59 Å². The summed E-state index contributed by atoms with van der Waals surface area (Å²) in [6.45, 7) is 6.17. The van der Waals surface area contributed by atoms with E-state index < -0.39 is 0 Å². The summed E-state index contributed by atoms with van der Waals surface area (Å²) in [4.78, 5) is 24.5. The lowest BCUT2D eigenvalue weighted by molar-refractivity contribution is -0.134. The second kappa shape index (κ2) is 6.48. The molecular formula is C11H21N3O2. The van der Waals surface area contributed by atoms with Crippen LogP contribution in [0.5, 0.6) is 0 Å². The van der Waals surface area contributed by atoms with Gasteiger partial charge in [-0.25, -0.2) is 0 Å². The first-order valence-electron chi connectivity index (χ1n) is 5.89. The molecule has 0 bridgehead atoms. The molecule has 1 heterocycles. The molecule has 92 valence electrons. The van der Waals surface area contributed by atoms with Crippen molar-refractivity contribution in [2.75, 3.05) is 26.2 Å². The quantitative estimate of drug-likeness (QED) is 0.694. The number of nitrogens with zero attached hydrogens (tertiary/aromatic N) is 1. The third kappa shape index (κ3) is 3.81. The Labute approximate surface area is 96.6 Å². The second-order valence-electron chi connectivity index (χ2n) is 4.07. The van der Waals surface area contributed by atoms with Gasteiger partial charge in [0, 0.05) is 19.5 Å². The second-order valence-corrected chi connectivity index (χ2v) is 4.07. The Morgan fingerprint density at radius 3 is 2.50 bits per heavy atom. The van der Waals surface area contributed by atoms with Gasteiger partial charge < -0.3 is 15.5 Å². The Kier molecular flexibility index (Phi) is 5.25. The van der Waals surface area contributed by atoms with E-state index in [1.54, 1.807) is 0 Å². The normalized spacial score (nSPS) is 16.9. The van der Waals surface area contributed by atoms with E-state index in [0.717, 1.165) is 25.9 Å². The minimum atomic E-state index is -0.158. The van der Waals surface area contributed by atoms with Crippen molar-refractivity contribution >= 4 is 11.8 Å². The molecule has 0 radical (unpaired) electrons. The maximum absolute atomic E-state index is 11.9. The van der Waals surface area contributed by atoms with Crippen LogP contribution in [0.3, 0.4) is 0 Å². The van der Waals surface area contributed by atoms with Crippen molar-refractivity contribution in [1.29, 1.82) is 0 Å². The van der Waals surface area contributed by atoms with Crippen LogP contribution in [0.15, 0.2) is 0 Å². The highest BCUT2D eigenvalue weighted by Crippen LogP contribution is 2.11. The van der Waals surface area contributed by atoms with Crippen molar-refractivity contribution in [2.24, 2.45) is 0 Å². The van der Waals surface area contributed by atoms with E-state index in [0.29, 0.717) is 12.6 Å². The van der Waals surface area contributed by atoms with Gasteiger partial charge in [-0.15, -0.1) is 0 Å². The monoisotopic (exact) mass is 227 g/mol. The molecule has 0 aromatic rings. The number of rotatable bonds is 4. The molecule has 0 unspecified atom stereocenters. The predicted octanol–water partition coefficient (Wildman–Crippen LogP) is -0.277. The molecule has 0 atom stereocenters. The van der Waals surface area contributed by atoms with Crippen LogP contribution in [0.1, 0.15) is 26.7 Å². The predicted molar refractivity (Wildman–Crippen MR) is 62.0 cm³/mol. The highest BCUT2D eigenvalue weighted by molar-refractivity contribution is 5.83. The summed E-state index contributed by atoms with van der Waals surface area (Å²) in [5.74, 6) is -0.140. The molecule has 1 rings (SSSR count). The molecule has 1 aliphatic rings. The van der Waals surface area contributed by atoms with Crippen LogP contribution in [0, 0.1) is 0 Å². The number of likely N-dealkylation sites (N-methyl/N-ethyl adjacent to an activating group) is 1. The van der Waals surface area contributed by atoms with Crippen molar-refractivity contribution in [3.8, 4) is 0 Å². The van der Waals surface area contributed by atoms with Crippen LogP contribution in [0.25, 0.3) is 0 Å². The summed E-state index contributed by atoms with van der Waals surface area (Å²) in [6.07, 6.45) is 2.00. The van der Waals surface area contributed by atoms with Gasteiger partial charge >= 0.3 is 0 Å². The molecule has 0 aromatic heterocycles. The fourth-order valence-corrected chi connectivity index (χ4v) is 2.06. The van der Waals surface area contributed by atoms with Gasteiger partial charge in [0.05, 0.1) is 6.54 Å². The van der Waals surface area contributed by atoms with E-state index in [1.165, 1.54) is 6.92 Å². The molecule has 1 fully saturated rings. The van der Waals surface area contributed by atoms with E-state index in [1.807, 2.05) is 11.8 Å². The average Bonchev–Trinajstić information content (AvgIpc) is 2.29. The van der Waals surface area contributed by atoms with Crippen LogP contribution in [0.2, 0.25) is 0 Å². The number of nitrogens with one attached hydrogen (secondary N) is 2. The van der Waals surface area contributed by atoms with E-state index in [9.17, 15) is 9.59 Å². The van der Waals surface area contributed by atoms with Crippen molar-refractivity contribution in [1.82, 2.24) is 15.5 Å². The van der Waals surface area contributed by atoms with Crippen molar-refractivity contribution in [3.63, 3.8) is 0 Å². The van der Waals surface area contributed by atoms with Crippen molar-refractivity contribution < 1.29 is 9.59 Å². The van der Waals surface area contributed by atoms with Crippen LogP contribution in [0.4, 0.5) is 0 Å². The minimum Gasteiger partial charge on any atom is -0.347 e. The number of carbonyl (C=O) groups is 2. The molecule has 1 aliphatic heterocycles. The summed E-state index contributed by atoms with van der Waals surface area (Å²) >= 11 is 0. The van der Waals surface area contributed by atoms with Crippen LogP contribution in [-0.2, 0) is 9.59 Å². The highest BCUT2D eigenvalue weighted by atomic mass is 16.2. The lowest BCUT2D eigenvalue weighted by Gasteiger charge is -2.34. The van der Waals surface area contributed by atoms with E-state index in [4.69, 9.17) is 0 Å². The van der Waals surface area contributed by atoms with Crippen molar-refractivity contribution in [3.05, 3.63) is 0 Å². The van der Waals surface area contributed by atoms with Crippen LogP contribution in [-0.4, -0.2) is 48.9 Å². The summed E-state index contributed by atoms with van der Waals surface area (Å²) in [6, 6.07) is 0.326. The van der Waals surface area contributed by atoms with Crippen molar-refractivity contribution in [2.45, 2.75) is 32.7 Å². The van der Waals surface area contributed by atoms with Gasteiger partial charge in [-0.1, -0.05) is 0 Å². The zero-order chi connectivity index (χ0) is 12.0. The maximum Gasteiger partial charge on any atom is 0.242 e. The van der Waals surface area contributed by atoms with Gasteiger partial charge in [0.1, 0.15) is 0 Å². The summed E-state index contributed by atoms with van der Waals surface area (Å²) < 4.78 is 0. The molecule has 0 aromatic carbocycles. The SMILES string of the molecule is CCN(C(=O)CNC(C)=O)C1CCNCC1. The first-order valence-corrected chi connectivity index (χ1v) is 5.89. The maximum atomic E-state index is 11.9. The number of piperidine rings is 1. The number of amides is 2. The molecule has 1 saturated heterocycles. The fourth-order valence-electron chi connectivity index (χ4n) is 2.06. The molecular weight excluding hydrogens is 206 g/mol. The molecule has 2 amide bonds. The Balaban J connectivity index is 2.44. The Hall–Kier alpha value is -1.10. The largest absolute Gasteiger partial charge is 0.347 e. The van der Waals surface area contributed by atoms with Crippen LogP contribution >= 0.6 is 0 Å². The number of hydrogen-bond donors (Lipinski definition) is 2. The van der Waals surface area contributed by atoms with Gasteiger partial charge in [-0.2, -0.15) is 0 Å². The molecule has 2 N–H and O–H groups in total. The lowest BCUT2D eigenvalue weighted by Crippen LogP contribution is -2.49.